The maximum Gasteiger partial charge on any atom is 0.144 e. The molecule has 0 saturated carbocycles. The Balaban J connectivity index is 0.00000121. The Morgan fingerprint density at radius 1 is 1.47 bits per heavy atom. The second-order valence-electron chi connectivity index (χ2n) is 2.75. The maximum atomic E-state index is 5.44. The fourth-order valence-corrected chi connectivity index (χ4v) is 1.00. The van der Waals surface area contributed by atoms with Crippen molar-refractivity contribution >= 4 is 5.82 Å². The van der Waals surface area contributed by atoms with E-state index < -0.39 is 0 Å². The van der Waals surface area contributed by atoms with Crippen molar-refractivity contribution in [2.24, 2.45) is 5.73 Å². The minimum absolute atomic E-state index is 0.324. The van der Waals surface area contributed by atoms with E-state index in [-0.39, 0.29) is 0 Å². The molecule has 1 aromatic rings. The molecule has 17 heavy (non-hydrogen) atoms. The van der Waals surface area contributed by atoms with Crippen molar-refractivity contribution in [3.63, 3.8) is 0 Å². The Labute approximate surface area is 103 Å². The Hall–Kier alpha value is -1.94. The van der Waals surface area contributed by atoms with Crippen LogP contribution in [0.2, 0.25) is 0 Å². The molecule has 0 aliphatic heterocycles. The zero-order valence-electron chi connectivity index (χ0n) is 10.5. The Morgan fingerprint density at radius 2 is 2.18 bits per heavy atom. The number of nitrogens with zero attached hydrogens (tertiary/aromatic N) is 2. The third kappa shape index (κ3) is 5.63. The molecule has 3 N–H and O–H groups in total. The first-order valence-corrected chi connectivity index (χ1v) is 5.54. The van der Waals surface area contributed by atoms with Gasteiger partial charge in [-0.1, -0.05) is 33.1 Å². The summed E-state index contributed by atoms with van der Waals surface area (Å²) in [6.45, 7) is 11.6. The fourth-order valence-electron chi connectivity index (χ4n) is 1.00. The average molecular weight is 232 g/mol. The van der Waals surface area contributed by atoms with Gasteiger partial charge >= 0.3 is 0 Å². The SMILES string of the molecule is C=C/C=C(\C=C)Nc1ccnc(CN)n1.CC. The van der Waals surface area contributed by atoms with Crippen molar-refractivity contribution in [3.05, 3.63) is 55.2 Å². The second-order valence-corrected chi connectivity index (χ2v) is 2.75. The first-order valence-electron chi connectivity index (χ1n) is 5.54. The molecule has 0 saturated heterocycles. The van der Waals surface area contributed by atoms with Gasteiger partial charge in [-0.25, -0.2) is 9.97 Å². The summed E-state index contributed by atoms with van der Waals surface area (Å²) >= 11 is 0. The predicted molar refractivity (Wildman–Crippen MR) is 73.4 cm³/mol. The molecule has 4 heteroatoms. The van der Waals surface area contributed by atoms with E-state index in [1.54, 1.807) is 30.5 Å². The van der Waals surface area contributed by atoms with Crippen LogP contribution in [-0.4, -0.2) is 9.97 Å². The van der Waals surface area contributed by atoms with Crippen LogP contribution in [0, 0.1) is 0 Å². The van der Waals surface area contributed by atoms with Crippen LogP contribution in [0.3, 0.4) is 0 Å². The highest BCUT2D eigenvalue weighted by molar-refractivity contribution is 5.44. The van der Waals surface area contributed by atoms with Crippen LogP contribution in [0.1, 0.15) is 19.7 Å². The lowest BCUT2D eigenvalue weighted by molar-refractivity contribution is 0.911. The number of rotatable bonds is 5. The lowest BCUT2D eigenvalue weighted by Crippen LogP contribution is -2.06. The Bertz CT molecular complexity index is 383. The van der Waals surface area contributed by atoms with Crippen LogP contribution in [0.15, 0.2) is 49.3 Å². The third-order valence-corrected chi connectivity index (χ3v) is 1.68. The van der Waals surface area contributed by atoms with Crippen molar-refractivity contribution in [2.75, 3.05) is 5.32 Å². The molecule has 1 aromatic heterocycles. The topological polar surface area (TPSA) is 63.8 Å². The van der Waals surface area contributed by atoms with Gasteiger partial charge in [0.25, 0.3) is 0 Å². The molecule has 0 aliphatic rings. The van der Waals surface area contributed by atoms with Crippen molar-refractivity contribution in [1.82, 2.24) is 9.97 Å². The number of anilines is 1. The van der Waals surface area contributed by atoms with E-state index in [0.29, 0.717) is 18.2 Å². The van der Waals surface area contributed by atoms with Gasteiger partial charge in [-0.15, -0.1) is 0 Å². The summed E-state index contributed by atoms with van der Waals surface area (Å²) in [4.78, 5) is 8.19. The number of allylic oxidation sites excluding steroid dienone is 3. The molecule has 0 atom stereocenters. The molecule has 0 fully saturated rings. The van der Waals surface area contributed by atoms with Crippen LogP contribution in [0.25, 0.3) is 0 Å². The lowest BCUT2D eigenvalue weighted by Gasteiger charge is -2.06. The third-order valence-electron chi connectivity index (χ3n) is 1.68. The molecule has 0 spiro atoms. The van der Waals surface area contributed by atoms with Gasteiger partial charge in [-0.3, -0.25) is 0 Å². The van der Waals surface area contributed by atoms with Crippen molar-refractivity contribution < 1.29 is 0 Å². The van der Waals surface area contributed by atoms with Crippen LogP contribution in [0.4, 0.5) is 5.82 Å². The van der Waals surface area contributed by atoms with Crippen LogP contribution in [0.5, 0.6) is 0 Å². The highest BCUT2D eigenvalue weighted by atomic mass is 15.0. The average Bonchev–Trinajstić information content (AvgIpc) is 2.40. The van der Waals surface area contributed by atoms with E-state index >= 15 is 0 Å². The molecule has 0 radical (unpaired) electrons. The largest absolute Gasteiger partial charge is 0.340 e. The quantitative estimate of drug-likeness (QED) is 0.766. The number of aromatic nitrogens is 2. The van der Waals surface area contributed by atoms with Gasteiger partial charge in [0.1, 0.15) is 11.6 Å². The number of hydrogen-bond donors (Lipinski definition) is 2. The molecule has 0 aliphatic carbocycles. The summed E-state index contributed by atoms with van der Waals surface area (Å²) in [5.41, 5.74) is 6.26. The van der Waals surface area contributed by atoms with E-state index in [2.05, 4.69) is 28.4 Å². The highest BCUT2D eigenvalue weighted by Crippen LogP contribution is 2.06. The van der Waals surface area contributed by atoms with Crippen molar-refractivity contribution in [3.8, 4) is 0 Å². The second kappa shape index (κ2) is 9.30. The normalized spacial score (nSPS) is 9.94. The smallest absolute Gasteiger partial charge is 0.144 e. The van der Waals surface area contributed by atoms with Gasteiger partial charge in [-0.2, -0.15) is 0 Å². The predicted octanol–water partition coefficient (Wildman–Crippen LogP) is 2.63. The molecule has 0 amide bonds. The summed E-state index contributed by atoms with van der Waals surface area (Å²) in [7, 11) is 0. The van der Waals surface area contributed by atoms with E-state index in [4.69, 9.17) is 5.73 Å². The molecule has 1 heterocycles. The van der Waals surface area contributed by atoms with Crippen molar-refractivity contribution in [1.29, 1.82) is 0 Å². The summed E-state index contributed by atoms with van der Waals surface area (Å²) < 4.78 is 0. The maximum absolute atomic E-state index is 5.44. The molecular weight excluding hydrogens is 212 g/mol. The monoisotopic (exact) mass is 232 g/mol. The van der Waals surface area contributed by atoms with Crippen LogP contribution >= 0.6 is 0 Å². The Kier molecular flexibility index (Phi) is 8.24. The van der Waals surface area contributed by atoms with Gasteiger partial charge < -0.3 is 11.1 Å². The zero-order chi connectivity index (χ0) is 13.1. The first-order chi connectivity index (χ1) is 8.30. The number of nitrogens with one attached hydrogen (secondary N) is 1. The van der Waals surface area contributed by atoms with Crippen molar-refractivity contribution in [2.45, 2.75) is 20.4 Å². The van der Waals surface area contributed by atoms with Gasteiger partial charge in [-0.05, 0) is 18.2 Å². The fraction of sp³-hybridized carbons (Fsp3) is 0.231. The highest BCUT2D eigenvalue weighted by Gasteiger charge is 1.97. The van der Waals surface area contributed by atoms with E-state index in [1.165, 1.54) is 0 Å². The molecular formula is C13H20N4. The minimum Gasteiger partial charge on any atom is -0.340 e. The first kappa shape index (κ1) is 15.1. The summed E-state index contributed by atoms with van der Waals surface area (Å²) in [5.74, 6) is 1.29. The van der Waals surface area contributed by atoms with Gasteiger partial charge in [0.2, 0.25) is 0 Å². The van der Waals surface area contributed by atoms with E-state index in [9.17, 15) is 0 Å². The Morgan fingerprint density at radius 3 is 2.71 bits per heavy atom. The summed E-state index contributed by atoms with van der Waals surface area (Å²) in [5, 5.41) is 3.07. The lowest BCUT2D eigenvalue weighted by atomic mass is 10.3. The molecule has 0 unspecified atom stereocenters. The number of hydrogen-bond acceptors (Lipinski definition) is 4. The number of nitrogens with two attached hydrogens (primary N) is 1. The van der Waals surface area contributed by atoms with Gasteiger partial charge in [0, 0.05) is 11.9 Å². The minimum atomic E-state index is 0.324. The van der Waals surface area contributed by atoms with Gasteiger partial charge in [0.15, 0.2) is 0 Å². The molecule has 0 aromatic carbocycles. The molecule has 0 bridgehead atoms. The standard InChI is InChI=1S/C11H14N4.C2H6/c1-3-5-9(4-2)14-10-6-7-13-11(8-12)15-10;1-2/h3-7H,1-2,8,12H2,(H,13,14,15);1-2H3/b9-5+;. The van der Waals surface area contributed by atoms with E-state index in [0.717, 1.165) is 5.70 Å². The molecule has 92 valence electrons. The van der Waals surface area contributed by atoms with Crippen LogP contribution < -0.4 is 11.1 Å². The van der Waals surface area contributed by atoms with Crippen LogP contribution in [-0.2, 0) is 6.54 Å². The zero-order valence-corrected chi connectivity index (χ0v) is 10.5. The summed E-state index contributed by atoms with van der Waals surface area (Å²) in [6.07, 6.45) is 6.82. The van der Waals surface area contributed by atoms with Gasteiger partial charge in [0.05, 0.1) is 6.54 Å². The molecule has 4 nitrogen and oxygen atoms in total. The summed E-state index contributed by atoms with van der Waals surface area (Å²) in [6, 6.07) is 1.76. The molecule has 1 rings (SSSR count). The van der Waals surface area contributed by atoms with E-state index in [1.807, 2.05) is 13.8 Å².